The fraction of sp³-hybridized carbons (Fsp3) is 0.667. The van der Waals surface area contributed by atoms with Crippen LogP contribution in [-0.4, -0.2) is 36.1 Å². The molecular weight excluding hydrogens is 198 g/mol. The first-order valence-corrected chi connectivity index (χ1v) is 4.71. The molecule has 0 rings (SSSR count). The van der Waals surface area contributed by atoms with Crippen LogP contribution in [0.4, 0.5) is 0 Å². The molecule has 1 unspecified atom stereocenters. The molecule has 0 saturated carbocycles. The quantitative estimate of drug-likeness (QED) is 0.493. The number of hydrogen-bond acceptors (Lipinski definition) is 4. The third kappa shape index (κ3) is 6.46. The van der Waals surface area contributed by atoms with E-state index in [2.05, 4.69) is 10.6 Å². The predicted molar refractivity (Wildman–Crippen MR) is 53.0 cm³/mol. The second-order valence-corrected chi connectivity index (χ2v) is 3.00. The topological polar surface area (TPSA) is 102 Å². The minimum Gasteiger partial charge on any atom is -0.480 e. The van der Waals surface area contributed by atoms with Crippen LogP contribution in [-0.2, 0) is 9.59 Å². The summed E-state index contributed by atoms with van der Waals surface area (Å²) in [6.07, 6.45) is 1.20. The summed E-state index contributed by atoms with van der Waals surface area (Å²) in [5, 5.41) is 21.9. The van der Waals surface area contributed by atoms with Crippen LogP contribution in [0.1, 0.15) is 19.8 Å². The van der Waals surface area contributed by atoms with Crippen LogP contribution < -0.4 is 10.6 Å². The summed E-state index contributed by atoms with van der Waals surface area (Å²) in [4.78, 5) is 21.7. The summed E-state index contributed by atoms with van der Waals surface area (Å²) in [6.45, 7) is 1.72. The average Bonchev–Trinajstić information content (AvgIpc) is 2.20. The van der Waals surface area contributed by atoms with E-state index in [0.717, 1.165) is 6.42 Å². The zero-order valence-electron chi connectivity index (χ0n) is 8.62. The summed E-state index contributed by atoms with van der Waals surface area (Å²) in [5.74, 6) is -1.34. The highest BCUT2D eigenvalue weighted by molar-refractivity contribution is 5.80. The monoisotopic (exact) mass is 213 g/mol. The van der Waals surface area contributed by atoms with E-state index in [9.17, 15) is 9.59 Å². The third-order valence-electron chi connectivity index (χ3n) is 1.75. The van der Waals surface area contributed by atoms with E-state index in [-0.39, 0.29) is 19.0 Å². The summed E-state index contributed by atoms with van der Waals surface area (Å²) in [6, 6.07) is 1.05. The van der Waals surface area contributed by atoms with Crippen molar-refractivity contribution in [1.29, 1.82) is 5.26 Å². The van der Waals surface area contributed by atoms with Crippen molar-refractivity contribution in [1.82, 2.24) is 10.6 Å². The van der Waals surface area contributed by atoms with Gasteiger partial charge in [-0.05, 0) is 6.42 Å². The number of aliphatic carboxylic acids is 1. The Kier molecular flexibility index (Phi) is 6.93. The van der Waals surface area contributed by atoms with Gasteiger partial charge in [-0.3, -0.25) is 14.9 Å². The fourth-order valence-corrected chi connectivity index (χ4v) is 1.02. The number of carbonyl (C=O) groups is 2. The number of carboxylic acids is 1. The van der Waals surface area contributed by atoms with Crippen LogP contribution in [0, 0.1) is 11.3 Å². The van der Waals surface area contributed by atoms with Gasteiger partial charge in [-0.1, -0.05) is 13.3 Å². The Labute approximate surface area is 88.3 Å². The molecule has 3 N–H and O–H groups in total. The molecular formula is C9H15N3O3. The number of amides is 1. The molecule has 1 atom stereocenters. The van der Waals surface area contributed by atoms with Crippen molar-refractivity contribution in [3.05, 3.63) is 0 Å². The van der Waals surface area contributed by atoms with Crippen molar-refractivity contribution in [3.8, 4) is 6.07 Å². The van der Waals surface area contributed by atoms with Crippen LogP contribution in [0.2, 0.25) is 0 Å². The summed E-state index contributed by atoms with van der Waals surface area (Å²) in [5.41, 5.74) is 0. The molecule has 15 heavy (non-hydrogen) atoms. The van der Waals surface area contributed by atoms with E-state index in [4.69, 9.17) is 10.4 Å². The van der Waals surface area contributed by atoms with Gasteiger partial charge in [-0.25, -0.2) is 0 Å². The Morgan fingerprint density at radius 2 is 2.20 bits per heavy atom. The largest absolute Gasteiger partial charge is 0.480 e. The average molecular weight is 213 g/mol. The van der Waals surface area contributed by atoms with Crippen molar-refractivity contribution in [2.24, 2.45) is 0 Å². The molecule has 0 saturated heterocycles. The Morgan fingerprint density at radius 3 is 2.67 bits per heavy atom. The summed E-state index contributed by atoms with van der Waals surface area (Å²) < 4.78 is 0. The molecule has 84 valence electrons. The molecule has 0 aromatic carbocycles. The molecule has 0 radical (unpaired) electrons. The maximum absolute atomic E-state index is 11.0. The SMILES string of the molecule is CCCC(NCC(=O)NCC#N)C(=O)O. The highest BCUT2D eigenvalue weighted by Gasteiger charge is 2.16. The zero-order chi connectivity index (χ0) is 11.7. The third-order valence-corrected chi connectivity index (χ3v) is 1.75. The lowest BCUT2D eigenvalue weighted by Gasteiger charge is -2.12. The van der Waals surface area contributed by atoms with Crippen molar-refractivity contribution in [3.63, 3.8) is 0 Å². The van der Waals surface area contributed by atoms with Gasteiger partial charge in [0, 0.05) is 0 Å². The van der Waals surface area contributed by atoms with Crippen molar-refractivity contribution in [2.75, 3.05) is 13.1 Å². The van der Waals surface area contributed by atoms with Gasteiger partial charge >= 0.3 is 5.97 Å². The molecule has 1 amide bonds. The first-order valence-electron chi connectivity index (χ1n) is 4.71. The number of hydrogen-bond donors (Lipinski definition) is 3. The summed E-state index contributed by atoms with van der Waals surface area (Å²) in [7, 11) is 0. The molecule has 0 bridgehead atoms. The van der Waals surface area contributed by atoms with E-state index in [1.54, 1.807) is 6.07 Å². The maximum atomic E-state index is 11.0. The van der Waals surface area contributed by atoms with Crippen LogP contribution >= 0.6 is 0 Å². The van der Waals surface area contributed by atoms with Gasteiger partial charge < -0.3 is 10.4 Å². The lowest BCUT2D eigenvalue weighted by molar-refractivity contribution is -0.139. The van der Waals surface area contributed by atoms with Crippen molar-refractivity contribution in [2.45, 2.75) is 25.8 Å². The predicted octanol–water partition coefficient (Wildman–Crippen LogP) is -0.531. The number of nitriles is 1. The van der Waals surface area contributed by atoms with Gasteiger partial charge in [0.2, 0.25) is 5.91 Å². The van der Waals surface area contributed by atoms with Gasteiger partial charge in [0.05, 0.1) is 12.6 Å². The lowest BCUT2D eigenvalue weighted by Crippen LogP contribution is -2.43. The highest BCUT2D eigenvalue weighted by Crippen LogP contribution is 1.95. The van der Waals surface area contributed by atoms with E-state index < -0.39 is 12.0 Å². The van der Waals surface area contributed by atoms with Crippen molar-refractivity contribution >= 4 is 11.9 Å². The first-order chi connectivity index (χ1) is 7.11. The smallest absolute Gasteiger partial charge is 0.320 e. The van der Waals surface area contributed by atoms with Gasteiger partial charge in [0.1, 0.15) is 12.6 Å². The van der Waals surface area contributed by atoms with Gasteiger partial charge in [-0.2, -0.15) is 5.26 Å². The van der Waals surface area contributed by atoms with Gasteiger partial charge in [0.15, 0.2) is 0 Å². The summed E-state index contributed by atoms with van der Waals surface area (Å²) >= 11 is 0. The van der Waals surface area contributed by atoms with Crippen molar-refractivity contribution < 1.29 is 14.7 Å². The number of carbonyl (C=O) groups excluding carboxylic acids is 1. The fourth-order valence-electron chi connectivity index (χ4n) is 1.02. The second-order valence-electron chi connectivity index (χ2n) is 3.00. The molecule has 0 heterocycles. The van der Waals surface area contributed by atoms with E-state index in [1.165, 1.54) is 0 Å². The molecule has 6 nitrogen and oxygen atoms in total. The van der Waals surface area contributed by atoms with Gasteiger partial charge in [0.25, 0.3) is 0 Å². The van der Waals surface area contributed by atoms with E-state index >= 15 is 0 Å². The molecule has 0 aliphatic rings. The Hall–Kier alpha value is -1.61. The number of nitrogens with zero attached hydrogens (tertiary/aromatic N) is 1. The molecule has 0 aromatic heterocycles. The van der Waals surface area contributed by atoms with Crippen LogP contribution in [0.15, 0.2) is 0 Å². The van der Waals surface area contributed by atoms with E-state index in [0.29, 0.717) is 6.42 Å². The number of nitrogens with one attached hydrogen (secondary N) is 2. The Bertz CT molecular complexity index is 260. The maximum Gasteiger partial charge on any atom is 0.320 e. The molecule has 0 aromatic rings. The minimum absolute atomic E-state index is 0.0635. The Morgan fingerprint density at radius 1 is 1.53 bits per heavy atom. The molecule has 0 spiro atoms. The normalized spacial score (nSPS) is 11.5. The van der Waals surface area contributed by atoms with E-state index in [1.807, 2.05) is 6.92 Å². The molecule has 0 aliphatic heterocycles. The second kappa shape index (κ2) is 7.76. The number of carboxylic acid groups (broad SMARTS) is 1. The highest BCUT2D eigenvalue weighted by atomic mass is 16.4. The zero-order valence-corrected chi connectivity index (χ0v) is 8.62. The van der Waals surface area contributed by atoms with Gasteiger partial charge in [-0.15, -0.1) is 0 Å². The van der Waals surface area contributed by atoms with Crippen LogP contribution in [0.5, 0.6) is 0 Å². The molecule has 0 aliphatic carbocycles. The number of rotatable bonds is 7. The Balaban J connectivity index is 3.84. The van der Waals surface area contributed by atoms with Crippen LogP contribution in [0.3, 0.4) is 0 Å². The minimum atomic E-state index is -0.968. The molecule has 0 fully saturated rings. The molecule has 6 heteroatoms. The van der Waals surface area contributed by atoms with Crippen LogP contribution in [0.25, 0.3) is 0 Å². The standard InChI is InChI=1S/C9H15N3O3/c1-2-3-7(9(14)15)12-6-8(13)11-5-4-10/h7,12H,2-3,5-6H2,1H3,(H,11,13)(H,14,15). The first kappa shape index (κ1) is 13.4. The lowest BCUT2D eigenvalue weighted by atomic mass is 10.2.